The molecule has 5 heteroatoms. The molecule has 1 saturated carbocycles. The topological polar surface area (TPSA) is 46.0 Å². The van der Waals surface area contributed by atoms with Crippen LogP contribution in [0.15, 0.2) is 6.20 Å². The second kappa shape index (κ2) is 4.72. The highest BCUT2D eigenvalue weighted by molar-refractivity contribution is 4.91. The molecule has 2 rings (SSSR count). The molecule has 1 heterocycles. The van der Waals surface area contributed by atoms with E-state index in [-0.39, 0.29) is 0 Å². The third kappa shape index (κ3) is 3.00. The number of aromatic nitrogens is 3. The third-order valence-corrected chi connectivity index (χ3v) is 2.80. The van der Waals surface area contributed by atoms with E-state index in [1.54, 1.807) is 0 Å². The summed E-state index contributed by atoms with van der Waals surface area (Å²) < 4.78 is 1.92. The van der Waals surface area contributed by atoms with Crippen LogP contribution in [0.5, 0.6) is 0 Å². The molecule has 0 saturated heterocycles. The lowest BCUT2D eigenvalue weighted by Crippen LogP contribution is -2.25. The van der Waals surface area contributed by atoms with Gasteiger partial charge in [0.1, 0.15) is 0 Å². The van der Waals surface area contributed by atoms with Crippen LogP contribution in [0.2, 0.25) is 0 Å². The quantitative estimate of drug-likeness (QED) is 0.721. The van der Waals surface area contributed by atoms with Crippen molar-refractivity contribution in [1.82, 2.24) is 25.2 Å². The molecule has 0 radical (unpaired) electrons. The standard InChI is InChI=1S/C10H19N5/c1-11-7-9-8-15(13-12-9)6-5-14(2)10-3-4-10/h8,10-11H,3-7H2,1-2H3. The van der Waals surface area contributed by atoms with Gasteiger partial charge in [-0.25, -0.2) is 0 Å². The van der Waals surface area contributed by atoms with Crippen molar-refractivity contribution in [2.45, 2.75) is 32.0 Å². The van der Waals surface area contributed by atoms with Gasteiger partial charge in [0.05, 0.1) is 12.2 Å². The van der Waals surface area contributed by atoms with E-state index in [0.29, 0.717) is 0 Å². The smallest absolute Gasteiger partial charge is 0.0964 e. The molecule has 1 aromatic heterocycles. The van der Waals surface area contributed by atoms with Gasteiger partial charge in [0.25, 0.3) is 0 Å². The van der Waals surface area contributed by atoms with E-state index in [1.807, 2.05) is 17.9 Å². The minimum Gasteiger partial charge on any atom is -0.314 e. The maximum atomic E-state index is 4.09. The van der Waals surface area contributed by atoms with Crippen molar-refractivity contribution in [3.05, 3.63) is 11.9 Å². The van der Waals surface area contributed by atoms with Gasteiger partial charge >= 0.3 is 0 Å². The summed E-state index contributed by atoms with van der Waals surface area (Å²) in [5.41, 5.74) is 1.01. The molecule has 0 bridgehead atoms. The molecular weight excluding hydrogens is 190 g/mol. The van der Waals surface area contributed by atoms with Crippen molar-refractivity contribution < 1.29 is 0 Å². The normalized spacial score (nSPS) is 16.2. The molecule has 0 aromatic carbocycles. The molecule has 0 aliphatic heterocycles. The van der Waals surface area contributed by atoms with Gasteiger partial charge in [0, 0.05) is 25.3 Å². The largest absolute Gasteiger partial charge is 0.314 e. The number of nitrogens with zero attached hydrogens (tertiary/aromatic N) is 4. The van der Waals surface area contributed by atoms with E-state index < -0.39 is 0 Å². The van der Waals surface area contributed by atoms with Gasteiger partial charge in [-0.3, -0.25) is 4.68 Å². The van der Waals surface area contributed by atoms with E-state index in [4.69, 9.17) is 0 Å². The van der Waals surface area contributed by atoms with Gasteiger partial charge in [-0.1, -0.05) is 5.21 Å². The van der Waals surface area contributed by atoms with Crippen LogP contribution in [0.25, 0.3) is 0 Å². The number of nitrogens with one attached hydrogen (secondary N) is 1. The van der Waals surface area contributed by atoms with Gasteiger partial charge in [-0.05, 0) is 26.9 Å². The fraction of sp³-hybridized carbons (Fsp3) is 0.800. The molecule has 1 aliphatic rings. The molecule has 84 valence electrons. The summed E-state index contributed by atoms with van der Waals surface area (Å²) in [5, 5.41) is 11.2. The van der Waals surface area contributed by atoms with Crippen LogP contribution in [0.1, 0.15) is 18.5 Å². The Bertz CT molecular complexity index is 305. The lowest BCUT2D eigenvalue weighted by Gasteiger charge is -2.14. The van der Waals surface area contributed by atoms with Crippen molar-refractivity contribution in [1.29, 1.82) is 0 Å². The number of hydrogen-bond acceptors (Lipinski definition) is 4. The first-order valence-electron chi connectivity index (χ1n) is 5.53. The summed E-state index contributed by atoms with van der Waals surface area (Å²) in [6.07, 6.45) is 4.73. The summed E-state index contributed by atoms with van der Waals surface area (Å²) in [7, 11) is 4.10. The van der Waals surface area contributed by atoms with Crippen LogP contribution in [0, 0.1) is 0 Å². The van der Waals surface area contributed by atoms with Gasteiger partial charge in [0.15, 0.2) is 0 Å². The molecule has 0 unspecified atom stereocenters. The fourth-order valence-corrected chi connectivity index (χ4v) is 1.67. The molecule has 1 N–H and O–H groups in total. The zero-order valence-electron chi connectivity index (χ0n) is 9.48. The zero-order chi connectivity index (χ0) is 10.7. The van der Waals surface area contributed by atoms with Gasteiger partial charge in [-0.2, -0.15) is 0 Å². The Morgan fingerprint density at radius 3 is 3.07 bits per heavy atom. The third-order valence-electron chi connectivity index (χ3n) is 2.80. The maximum absolute atomic E-state index is 4.09. The van der Waals surface area contributed by atoms with Crippen molar-refractivity contribution in [2.24, 2.45) is 0 Å². The molecule has 1 fully saturated rings. The molecule has 1 aliphatic carbocycles. The van der Waals surface area contributed by atoms with E-state index in [9.17, 15) is 0 Å². The first-order valence-corrected chi connectivity index (χ1v) is 5.53. The Kier molecular flexibility index (Phi) is 3.33. The van der Waals surface area contributed by atoms with Gasteiger partial charge in [-0.15, -0.1) is 5.10 Å². The monoisotopic (exact) mass is 209 g/mol. The maximum Gasteiger partial charge on any atom is 0.0964 e. The van der Waals surface area contributed by atoms with Crippen molar-refractivity contribution in [3.63, 3.8) is 0 Å². The molecular formula is C10H19N5. The van der Waals surface area contributed by atoms with Crippen LogP contribution < -0.4 is 5.32 Å². The van der Waals surface area contributed by atoms with Crippen molar-refractivity contribution in [3.8, 4) is 0 Å². The molecule has 15 heavy (non-hydrogen) atoms. The minimum absolute atomic E-state index is 0.790. The molecule has 1 aromatic rings. The molecule has 5 nitrogen and oxygen atoms in total. The molecule has 0 atom stereocenters. The van der Waals surface area contributed by atoms with Crippen LogP contribution in [0.4, 0.5) is 0 Å². The number of likely N-dealkylation sites (N-methyl/N-ethyl adjacent to an activating group) is 1. The van der Waals surface area contributed by atoms with E-state index in [1.165, 1.54) is 12.8 Å². The van der Waals surface area contributed by atoms with E-state index in [2.05, 4.69) is 27.6 Å². The highest BCUT2D eigenvalue weighted by Gasteiger charge is 2.25. The summed E-state index contributed by atoms with van der Waals surface area (Å²) >= 11 is 0. The summed E-state index contributed by atoms with van der Waals surface area (Å²) in [4.78, 5) is 2.40. The Morgan fingerprint density at radius 1 is 1.60 bits per heavy atom. The fourth-order valence-electron chi connectivity index (χ4n) is 1.67. The Labute approximate surface area is 90.5 Å². The van der Waals surface area contributed by atoms with Gasteiger partial charge in [0.2, 0.25) is 0 Å². The summed E-state index contributed by atoms with van der Waals surface area (Å²) in [6.45, 7) is 2.79. The Morgan fingerprint density at radius 2 is 2.40 bits per heavy atom. The van der Waals surface area contributed by atoms with Crippen LogP contribution in [0.3, 0.4) is 0 Å². The summed E-state index contributed by atoms with van der Waals surface area (Å²) in [6, 6.07) is 0.824. The minimum atomic E-state index is 0.790. The Balaban J connectivity index is 1.76. The number of hydrogen-bond donors (Lipinski definition) is 1. The van der Waals surface area contributed by atoms with Crippen molar-refractivity contribution >= 4 is 0 Å². The molecule has 0 amide bonds. The highest BCUT2D eigenvalue weighted by Crippen LogP contribution is 2.24. The zero-order valence-corrected chi connectivity index (χ0v) is 9.48. The second-order valence-electron chi connectivity index (χ2n) is 4.22. The predicted octanol–water partition coefficient (Wildman–Crippen LogP) is 0.0917. The second-order valence-corrected chi connectivity index (χ2v) is 4.22. The lowest BCUT2D eigenvalue weighted by molar-refractivity contribution is 0.301. The Hall–Kier alpha value is -0.940. The highest BCUT2D eigenvalue weighted by atomic mass is 15.4. The number of rotatable bonds is 6. The van der Waals surface area contributed by atoms with E-state index >= 15 is 0 Å². The van der Waals surface area contributed by atoms with Gasteiger partial charge < -0.3 is 10.2 Å². The van der Waals surface area contributed by atoms with Crippen LogP contribution >= 0.6 is 0 Å². The predicted molar refractivity (Wildman–Crippen MR) is 58.4 cm³/mol. The SMILES string of the molecule is CNCc1cn(CCN(C)C2CC2)nn1. The average molecular weight is 209 g/mol. The average Bonchev–Trinajstić information content (AvgIpc) is 2.98. The van der Waals surface area contributed by atoms with Crippen LogP contribution in [-0.2, 0) is 13.1 Å². The first kappa shape index (κ1) is 10.6. The van der Waals surface area contributed by atoms with Crippen molar-refractivity contribution in [2.75, 3.05) is 20.6 Å². The summed E-state index contributed by atoms with van der Waals surface area (Å²) in [5.74, 6) is 0. The van der Waals surface area contributed by atoms with E-state index in [0.717, 1.165) is 31.4 Å². The molecule has 0 spiro atoms. The first-order chi connectivity index (χ1) is 7.29. The van der Waals surface area contributed by atoms with Crippen LogP contribution in [-0.4, -0.2) is 46.6 Å². The lowest BCUT2D eigenvalue weighted by atomic mass is 10.4.